The van der Waals surface area contributed by atoms with Crippen LogP contribution < -0.4 is 4.74 Å². The number of nitrogens with zero attached hydrogens (tertiary/aromatic N) is 1. The van der Waals surface area contributed by atoms with Crippen LogP contribution in [0.2, 0.25) is 0 Å². The molecule has 0 heterocycles. The fraction of sp³-hybridized carbons (Fsp3) is 0.417. The summed E-state index contributed by atoms with van der Waals surface area (Å²) in [6.45, 7) is 4.69. The van der Waals surface area contributed by atoms with Crippen molar-refractivity contribution in [2.75, 3.05) is 6.61 Å². The summed E-state index contributed by atoms with van der Waals surface area (Å²) in [6, 6.07) is 4.19. The summed E-state index contributed by atoms with van der Waals surface area (Å²) in [7, 11) is 0. The lowest BCUT2D eigenvalue weighted by molar-refractivity contribution is -0.385. The number of ether oxygens (including phenoxy) is 1. The van der Waals surface area contributed by atoms with Gasteiger partial charge >= 0.3 is 0 Å². The molecule has 0 aliphatic rings. The van der Waals surface area contributed by atoms with Gasteiger partial charge in [-0.3, -0.25) is 14.9 Å². The molecule has 17 heavy (non-hydrogen) atoms. The second-order valence-electron chi connectivity index (χ2n) is 4.13. The van der Waals surface area contributed by atoms with E-state index in [1.165, 1.54) is 18.2 Å². The predicted octanol–water partition coefficient (Wildman–Crippen LogP) is 2.83. The van der Waals surface area contributed by atoms with Gasteiger partial charge in [0.25, 0.3) is 5.69 Å². The monoisotopic (exact) mass is 237 g/mol. The highest BCUT2D eigenvalue weighted by Gasteiger charge is 2.13. The third-order valence-corrected chi connectivity index (χ3v) is 2.29. The molecule has 0 N–H and O–H groups in total. The average Bonchev–Trinajstić information content (AvgIpc) is 2.28. The molecule has 0 aromatic heterocycles. The molecule has 0 saturated carbocycles. The average molecular weight is 237 g/mol. The van der Waals surface area contributed by atoms with Crippen molar-refractivity contribution in [1.82, 2.24) is 0 Å². The van der Waals surface area contributed by atoms with Crippen LogP contribution in [0.15, 0.2) is 18.2 Å². The number of aldehydes is 1. The van der Waals surface area contributed by atoms with Crippen LogP contribution in [0.4, 0.5) is 5.69 Å². The molecule has 0 aliphatic carbocycles. The topological polar surface area (TPSA) is 69.4 Å². The van der Waals surface area contributed by atoms with Gasteiger partial charge in [-0.15, -0.1) is 0 Å². The van der Waals surface area contributed by atoms with Crippen LogP contribution >= 0.6 is 0 Å². The van der Waals surface area contributed by atoms with E-state index in [1.807, 2.05) is 0 Å². The second kappa shape index (κ2) is 5.98. The fourth-order valence-corrected chi connectivity index (χ4v) is 1.30. The van der Waals surface area contributed by atoms with E-state index in [0.29, 0.717) is 24.6 Å². The number of carbonyl (C=O) groups is 1. The van der Waals surface area contributed by atoms with Crippen LogP contribution in [0.1, 0.15) is 30.6 Å². The van der Waals surface area contributed by atoms with Crippen molar-refractivity contribution in [3.05, 3.63) is 33.9 Å². The molecule has 0 amide bonds. The largest absolute Gasteiger partial charge is 0.494 e. The van der Waals surface area contributed by atoms with Crippen molar-refractivity contribution >= 4 is 12.0 Å². The molecular weight excluding hydrogens is 222 g/mol. The van der Waals surface area contributed by atoms with Crippen molar-refractivity contribution in [1.29, 1.82) is 0 Å². The molecule has 0 radical (unpaired) electrons. The Morgan fingerprint density at radius 2 is 2.18 bits per heavy atom. The molecule has 0 atom stereocenters. The normalized spacial score (nSPS) is 10.3. The van der Waals surface area contributed by atoms with Gasteiger partial charge in [-0.2, -0.15) is 0 Å². The van der Waals surface area contributed by atoms with Gasteiger partial charge in [0.2, 0.25) is 0 Å². The first-order valence-electron chi connectivity index (χ1n) is 5.41. The van der Waals surface area contributed by atoms with Crippen LogP contribution in [-0.2, 0) is 0 Å². The third kappa shape index (κ3) is 3.86. The molecule has 5 heteroatoms. The molecule has 0 spiro atoms. The van der Waals surface area contributed by atoms with Crippen molar-refractivity contribution < 1.29 is 14.5 Å². The molecular formula is C12H15NO4. The smallest absolute Gasteiger partial charge is 0.280 e. The van der Waals surface area contributed by atoms with Gasteiger partial charge in [-0.1, -0.05) is 13.8 Å². The highest BCUT2D eigenvalue weighted by molar-refractivity contribution is 5.82. The predicted molar refractivity (Wildman–Crippen MR) is 63.4 cm³/mol. The van der Waals surface area contributed by atoms with Crippen LogP contribution in [0.3, 0.4) is 0 Å². The molecule has 1 aromatic rings. The molecule has 0 bridgehead atoms. The van der Waals surface area contributed by atoms with E-state index in [2.05, 4.69) is 13.8 Å². The van der Waals surface area contributed by atoms with Crippen molar-refractivity contribution in [3.63, 3.8) is 0 Å². The Hall–Kier alpha value is -1.91. The molecule has 0 unspecified atom stereocenters. The lowest BCUT2D eigenvalue weighted by Gasteiger charge is -2.08. The maximum Gasteiger partial charge on any atom is 0.280 e. The van der Waals surface area contributed by atoms with E-state index >= 15 is 0 Å². The summed E-state index contributed by atoms with van der Waals surface area (Å²) in [5, 5.41) is 10.6. The minimum Gasteiger partial charge on any atom is -0.494 e. The van der Waals surface area contributed by atoms with E-state index in [4.69, 9.17) is 4.74 Å². The molecule has 1 aromatic carbocycles. The summed E-state index contributed by atoms with van der Waals surface area (Å²) in [5.41, 5.74) is -0.159. The van der Waals surface area contributed by atoms with Crippen LogP contribution in [0.5, 0.6) is 5.75 Å². The molecule has 0 saturated heterocycles. The fourth-order valence-electron chi connectivity index (χ4n) is 1.30. The zero-order chi connectivity index (χ0) is 12.8. The first-order valence-corrected chi connectivity index (χ1v) is 5.41. The number of nitro groups is 1. The number of hydrogen-bond acceptors (Lipinski definition) is 4. The number of rotatable bonds is 6. The quantitative estimate of drug-likeness (QED) is 0.433. The maximum atomic E-state index is 10.7. The van der Waals surface area contributed by atoms with Crippen molar-refractivity contribution in [2.45, 2.75) is 20.3 Å². The Morgan fingerprint density at radius 1 is 1.47 bits per heavy atom. The summed E-state index contributed by atoms with van der Waals surface area (Å²) in [5.74, 6) is 1.01. The van der Waals surface area contributed by atoms with Gasteiger partial charge in [0.15, 0.2) is 6.29 Å². The Bertz CT molecular complexity index is 415. The SMILES string of the molecule is CC(C)CCOc1ccc([N+](=O)[O-])c(C=O)c1. The van der Waals surface area contributed by atoms with E-state index < -0.39 is 4.92 Å². The van der Waals surface area contributed by atoms with Gasteiger partial charge in [0.1, 0.15) is 5.75 Å². The van der Waals surface area contributed by atoms with Gasteiger partial charge in [-0.05, 0) is 24.5 Å². The second-order valence-corrected chi connectivity index (χ2v) is 4.13. The third-order valence-electron chi connectivity index (χ3n) is 2.29. The van der Waals surface area contributed by atoms with E-state index in [-0.39, 0.29) is 11.3 Å². The van der Waals surface area contributed by atoms with Gasteiger partial charge in [0, 0.05) is 6.07 Å². The zero-order valence-corrected chi connectivity index (χ0v) is 9.88. The van der Waals surface area contributed by atoms with Crippen LogP contribution in [-0.4, -0.2) is 17.8 Å². The van der Waals surface area contributed by atoms with Crippen molar-refractivity contribution in [3.8, 4) is 5.75 Å². The highest BCUT2D eigenvalue weighted by atomic mass is 16.6. The lowest BCUT2D eigenvalue weighted by atomic mass is 10.1. The standard InChI is InChI=1S/C12H15NO4/c1-9(2)5-6-17-11-3-4-12(13(15)16)10(7-11)8-14/h3-4,7-9H,5-6H2,1-2H3. The zero-order valence-electron chi connectivity index (χ0n) is 9.88. The van der Waals surface area contributed by atoms with Crippen LogP contribution in [0, 0.1) is 16.0 Å². The Kier molecular flexibility index (Phi) is 4.63. The molecule has 0 fully saturated rings. The van der Waals surface area contributed by atoms with E-state index in [9.17, 15) is 14.9 Å². The minimum atomic E-state index is -0.582. The van der Waals surface area contributed by atoms with E-state index in [1.54, 1.807) is 0 Å². The van der Waals surface area contributed by atoms with E-state index in [0.717, 1.165) is 6.42 Å². The Labute approximate surface area is 99.5 Å². The highest BCUT2D eigenvalue weighted by Crippen LogP contribution is 2.22. The summed E-state index contributed by atoms with van der Waals surface area (Å²) in [4.78, 5) is 20.7. The van der Waals surface area contributed by atoms with Crippen LogP contribution in [0.25, 0.3) is 0 Å². The number of nitro benzene ring substituents is 1. The molecule has 92 valence electrons. The first kappa shape index (κ1) is 13.2. The summed E-state index contributed by atoms with van der Waals surface area (Å²) in [6.07, 6.45) is 1.36. The maximum absolute atomic E-state index is 10.7. The molecule has 5 nitrogen and oxygen atoms in total. The van der Waals surface area contributed by atoms with Gasteiger partial charge in [0.05, 0.1) is 17.1 Å². The Balaban J connectivity index is 2.76. The molecule has 1 rings (SSSR count). The molecule has 0 aliphatic heterocycles. The lowest BCUT2D eigenvalue weighted by Crippen LogP contribution is -2.02. The number of hydrogen-bond donors (Lipinski definition) is 0. The Morgan fingerprint density at radius 3 is 2.71 bits per heavy atom. The minimum absolute atomic E-state index is 0.0389. The van der Waals surface area contributed by atoms with Gasteiger partial charge < -0.3 is 4.74 Å². The first-order chi connectivity index (χ1) is 8.04. The summed E-state index contributed by atoms with van der Waals surface area (Å²) >= 11 is 0. The summed E-state index contributed by atoms with van der Waals surface area (Å²) < 4.78 is 5.41. The number of carbonyl (C=O) groups excluding carboxylic acids is 1. The van der Waals surface area contributed by atoms with Crippen molar-refractivity contribution in [2.24, 2.45) is 5.92 Å². The number of benzene rings is 1. The van der Waals surface area contributed by atoms with Gasteiger partial charge in [-0.25, -0.2) is 0 Å².